The second-order valence-corrected chi connectivity index (χ2v) is 6.05. The van der Waals surface area contributed by atoms with Gasteiger partial charge in [-0.15, -0.1) is 0 Å². The van der Waals surface area contributed by atoms with Gasteiger partial charge in [0.1, 0.15) is 0 Å². The first-order chi connectivity index (χ1) is 8.90. The number of amides is 1. The Morgan fingerprint density at radius 3 is 2.63 bits per heavy atom. The van der Waals surface area contributed by atoms with Gasteiger partial charge < -0.3 is 10.0 Å². The third-order valence-corrected chi connectivity index (χ3v) is 4.27. The summed E-state index contributed by atoms with van der Waals surface area (Å²) in [5.41, 5.74) is 0.502. The smallest absolute Gasteiger partial charge is 0.308 e. The summed E-state index contributed by atoms with van der Waals surface area (Å²) in [6.45, 7) is 2.57. The average Bonchev–Trinajstić information content (AvgIpc) is 2.70. The summed E-state index contributed by atoms with van der Waals surface area (Å²) in [4.78, 5) is 25.0. The Morgan fingerprint density at radius 1 is 1.42 bits per heavy atom. The number of carbonyl (C=O) groups is 2. The number of benzene rings is 1. The Morgan fingerprint density at radius 2 is 2.11 bits per heavy atom. The fraction of sp³-hybridized carbons (Fsp3) is 0.385. The van der Waals surface area contributed by atoms with Crippen LogP contribution in [0, 0.1) is 11.8 Å². The third kappa shape index (κ3) is 2.92. The Hall–Kier alpha value is -1.07. The van der Waals surface area contributed by atoms with Crippen molar-refractivity contribution in [1.82, 2.24) is 4.90 Å². The highest BCUT2D eigenvalue weighted by atomic mass is 79.9. The lowest BCUT2D eigenvalue weighted by Gasteiger charge is -2.17. The van der Waals surface area contributed by atoms with E-state index in [0.717, 1.165) is 0 Å². The summed E-state index contributed by atoms with van der Waals surface area (Å²) in [6, 6.07) is 4.95. The Kier molecular flexibility index (Phi) is 4.16. The molecule has 6 heteroatoms. The Balaban J connectivity index is 2.19. The van der Waals surface area contributed by atoms with Crippen molar-refractivity contribution < 1.29 is 14.7 Å². The zero-order valence-electron chi connectivity index (χ0n) is 10.3. The first-order valence-corrected chi connectivity index (χ1v) is 7.04. The van der Waals surface area contributed by atoms with Crippen LogP contribution in [0.2, 0.25) is 5.02 Å². The molecule has 0 saturated carbocycles. The van der Waals surface area contributed by atoms with E-state index < -0.39 is 11.9 Å². The van der Waals surface area contributed by atoms with Gasteiger partial charge in [-0.2, -0.15) is 0 Å². The standard InChI is InChI=1S/C13H13BrClNO3/c1-7-5-16(6-10(7)13(18)19)12(17)9-3-2-8(15)4-11(9)14/h2-4,7,10H,5-6H2,1H3,(H,18,19). The van der Waals surface area contributed by atoms with Crippen LogP contribution in [0.4, 0.5) is 0 Å². The van der Waals surface area contributed by atoms with Crippen LogP contribution in [0.1, 0.15) is 17.3 Å². The number of likely N-dealkylation sites (tertiary alicyclic amines) is 1. The van der Waals surface area contributed by atoms with E-state index >= 15 is 0 Å². The Labute approximate surface area is 124 Å². The summed E-state index contributed by atoms with van der Waals surface area (Å²) in [5, 5.41) is 9.62. The molecule has 1 fully saturated rings. The summed E-state index contributed by atoms with van der Waals surface area (Å²) in [7, 11) is 0. The summed E-state index contributed by atoms with van der Waals surface area (Å²) < 4.78 is 0.622. The van der Waals surface area contributed by atoms with Crippen LogP contribution >= 0.6 is 27.5 Å². The minimum atomic E-state index is -0.849. The molecule has 1 heterocycles. The number of hydrogen-bond acceptors (Lipinski definition) is 2. The van der Waals surface area contributed by atoms with Gasteiger partial charge in [-0.1, -0.05) is 18.5 Å². The van der Waals surface area contributed by atoms with Gasteiger partial charge in [0, 0.05) is 22.6 Å². The number of carbonyl (C=O) groups excluding carboxylic acids is 1. The summed E-state index contributed by atoms with van der Waals surface area (Å²) in [6.07, 6.45) is 0. The molecule has 102 valence electrons. The van der Waals surface area contributed by atoms with Crippen LogP contribution in [0.5, 0.6) is 0 Å². The van der Waals surface area contributed by atoms with Crippen molar-refractivity contribution in [2.45, 2.75) is 6.92 Å². The van der Waals surface area contributed by atoms with Gasteiger partial charge in [-0.3, -0.25) is 9.59 Å². The Bertz CT molecular complexity index is 535. The van der Waals surface area contributed by atoms with E-state index in [2.05, 4.69) is 15.9 Å². The van der Waals surface area contributed by atoms with Crippen molar-refractivity contribution in [1.29, 1.82) is 0 Å². The fourth-order valence-electron chi connectivity index (χ4n) is 2.29. The topological polar surface area (TPSA) is 57.6 Å². The van der Waals surface area contributed by atoms with Gasteiger partial charge in [0.2, 0.25) is 0 Å². The SMILES string of the molecule is CC1CN(C(=O)c2ccc(Cl)cc2Br)CC1C(=O)O. The maximum Gasteiger partial charge on any atom is 0.308 e. The molecule has 1 aliphatic heterocycles. The molecule has 1 aromatic rings. The van der Waals surface area contributed by atoms with E-state index in [0.29, 0.717) is 21.6 Å². The van der Waals surface area contributed by atoms with E-state index in [-0.39, 0.29) is 18.4 Å². The molecule has 1 amide bonds. The number of carboxylic acid groups (broad SMARTS) is 1. The van der Waals surface area contributed by atoms with E-state index in [4.69, 9.17) is 16.7 Å². The molecule has 0 radical (unpaired) electrons. The summed E-state index contributed by atoms with van der Waals surface area (Å²) in [5.74, 6) is -1.54. The first-order valence-electron chi connectivity index (χ1n) is 5.87. The van der Waals surface area contributed by atoms with Crippen LogP contribution < -0.4 is 0 Å². The van der Waals surface area contributed by atoms with Gasteiger partial charge in [0.05, 0.1) is 11.5 Å². The number of rotatable bonds is 2. The first kappa shape index (κ1) is 14.3. The van der Waals surface area contributed by atoms with E-state index in [9.17, 15) is 9.59 Å². The van der Waals surface area contributed by atoms with Gasteiger partial charge in [0.15, 0.2) is 0 Å². The van der Waals surface area contributed by atoms with Crippen LogP contribution in [0.25, 0.3) is 0 Å². The van der Waals surface area contributed by atoms with Crippen molar-refractivity contribution in [3.8, 4) is 0 Å². The molecule has 19 heavy (non-hydrogen) atoms. The predicted molar refractivity (Wildman–Crippen MR) is 75.3 cm³/mol. The zero-order valence-corrected chi connectivity index (χ0v) is 12.6. The largest absolute Gasteiger partial charge is 0.481 e. The molecule has 1 N–H and O–H groups in total. The molecule has 1 aliphatic rings. The molecule has 1 aromatic carbocycles. The fourth-order valence-corrected chi connectivity index (χ4v) is 3.14. The molecule has 2 unspecified atom stereocenters. The number of aliphatic carboxylic acids is 1. The molecule has 0 spiro atoms. The summed E-state index contributed by atoms with van der Waals surface area (Å²) >= 11 is 9.14. The third-order valence-electron chi connectivity index (χ3n) is 3.38. The van der Waals surface area contributed by atoms with Crippen molar-refractivity contribution in [3.05, 3.63) is 33.3 Å². The number of hydrogen-bond donors (Lipinski definition) is 1. The zero-order chi connectivity index (χ0) is 14.2. The van der Waals surface area contributed by atoms with Gasteiger partial charge in [0.25, 0.3) is 5.91 Å². The van der Waals surface area contributed by atoms with Crippen LogP contribution in [0.15, 0.2) is 22.7 Å². The van der Waals surface area contributed by atoms with Crippen LogP contribution in [0.3, 0.4) is 0 Å². The lowest BCUT2D eigenvalue weighted by Crippen LogP contribution is -2.30. The van der Waals surface area contributed by atoms with Crippen molar-refractivity contribution >= 4 is 39.4 Å². The molecule has 2 rings (SSSR count). The van der Waals surface area contributed by atoms with E-state index in [1.165, 1.54) is 0 Å². The highest BCUT2D eigenvalue weighted by Crippen LogP contribution is 2.28. The molecular formula is C13H13BrClNO3. The second-order valence-electron chi connectivity index (χ2n) is 4.76. The molecule has 4 nitrogen and oxygen atoms in total. The minimum absolute atomic E-state index is 0.0347. The molecular weight excluding hydrogens is 334 g/mol. The van der Waals surface area contributed by atoms with E-state index in [1.54, 1.807) is 23.1 Å². The maximum absolute atomic E-state index is 12.4. The number of halogens is 2. The van der Waals surface area contributed by atoms with Crippen molar-refractivity contribution in [3.63, 3.8) is 0 Å². The molecule has 0 aromatic heterocycles. The monoisotopic (exact) mass is 345 g/mol. The number of carboxylic acids is 1. The number of nitrogens with zero attached hydrogens (tertiary/aromatic N) is 1. The van der Waals surface area contributed by atoms with Gasteiger partial charge >= 0.3 is 5.97 Å². The molecule has 1 saturated heterocycles. The lowest BCUT2D eigenvalue weighted by atomic mass is 9.99. The van der Waals surface area contributed by atoms with Crippen LogP contribution in [-0.2, 0) is 4.79 Å². The van der Waals surface area contributed by atoms with E-state index in [1.807, 2.05) is 6.92 Å². The molecule has 0 aliphatic carbocycles. The normalized spacial score (nSPS) is 22.6. The van der Waals surface area contributed by atoms with Crippen LogP contribution in [-0.4, -0.2) is 35.0 Å². The molecule has 2 atom stereocenters. The average molecular weight is 347 g/mol. The second kappa shape index (κ2) is 5.51. The van der Waals surface area contributed by atoms with Gasteiger partial charge in [-0.25, -0.2) is 0 Å². The van der Waals surface area contributed by atoms with Gasteiger partial charge in [-0.05, 0) is 40.0 Å². The minimum Gasteiger partial charge on any atom is -0.481 e. The maximum atomic E-state index is 12.4. The highest BCUT2D eigenvalue weighted by Gasteiger charge is 2.37. The van der Waals surface area contributed by atoms with Crippen molar-refractivity contribution in [2.24, 2.45) is 11.8 Å². The quantitative estimate of drug-likeness (QED) is 0.896. The predicted octanol–water partition coefficient (Wildman–Crippen LogP) is 2.90. The molecule has 0 bridgehead atoms. The van der Waals surface area contributed by atoms with Crippen molar-refractivity contribution in [2.75, 3.05) is 13.1 Å². The highest BCUT2D eigenvalue weighted by molar-refractivity contribution is 9.10. The lowest BCUT2D eigenvalue weighted by molar-refractivity contribution is -0.142.